The molecule has 0 radical (unpaired) electrons. The Hall–Kier alpha value is -1.37. The fraction of sp³-hybridized carbons (Fsp3) is 0.286. The van der Waals surface area contributed by atoms with Gasteiger partial charge in [0, 0.05) is 0 Å². The van der Waals surface area contributed by atoms with Gasteiger partial charge in [-0.15, -0.1) is 0 Å². The molecule has 100 valence electrons. The van der Waals surface area contributed by atoms with Gasteiger partial charge in [0.25, 0.3) is 5.56 Å². The van der Waals surface area contributed by atoms with Crippen molar-refractivity contribution in [1.82, 2.24) is 9.97 Å². The molecule has 1 aromatic carbocycles. The van der Waals surface area contributed by atoms with Gasteiger partial charge in [0.1, 0.15) is 11.6 Å². The highest BCUT2D eigenvalue weighted by Gasteiger charge is 2.12. The number of aromatic nitrogens is 2. The van der Waals surface area contributed by atoms with E-state index >= 15 is 0 Å². The van der Waals surface area contributed by atoms with Gasteiger partial charge in [-0.2, -0.15) is 0 Å². The van der Waals surface area contributed by atoms with Crippen LogP contribution in [0.15, 0.2) is 29.1 Å². The van der Waals surface area contributed by atoms with E-state index in [0.717, 1.165) is 23.4 Å². The van der Waals surface area contributed by atoms with Crippen molar-refractivity contribution in [3.05, 3.63) is 43.9 Å². The van der Waals surface area contributed by atoms with Crippen molar-refractivity contribution in [2.24, 2.45) is 0 Å². The van der Waals surface area contributed by atoms with Crippen molar-refractivity contribution in [3.63, 3.8) is 0 Å². The van der Waals surface area contributed by atoms with Crippen LogP contribution in [-0.4, -0.2) is 16.6 Å². The minimum atomic E-state index is -0.103. The molecule has 0 aliphatic carbocycles. The number of ether oxygens (including phenoxy) is 1. The zero-order valence-corrected chi connectivity index (χ0v) is 13.0. The SMILES string of the molecule is CCOc1ccccc1-c1nc(CC)c(I)c(=O)[nH]1. The summed E-state index contributed by atoms with van der Waals surface area (Å²) in [6.07, 6.45) is 0.728. The summed E-state index contributed by atoms with van der Waals surface area (Å²) in [5.41, 5.74) is 1.52. The van der Waals surface area contributed by atoms with Crippen LogP contribution in [0.4, 0.5) is 0 Å². The molecule has 0 unspecified atom stereocenters. The van der Waals surface area contributed by atoms with E-state index < -0.39 is 0 Å². The van der Waals surface area contributed by atoms with E-state index in [1.54, 1.807) is 0 Å². The number of hydrogen-bond acceptors (Lipinski definition) is 3. The highest BCUT2D eigenvalue weighted by atomic mass is 127. The normalized spacial score (nSPS) is 10.5. The first-order valence-corrected chi connectivity index (χ1v) is 7.26. The zero-order chi connectivity index (χ0) is 13.8. The van der Waals surface area contributed by atoms with Gasteiger partial charge in [-0.25, -0.2) is 4.98 Å². The molecule has 0 atom stereocenters. The molecule has 4 nitrogen and oxygen atoms in total. The van der Waals surface area contributed by atoms with Gasteiger partial charge in [-0.3, -0.25) is 4.79 Å². The Balaban J connectivity index is 2.59. The summed E-state index contributed by atoms with van der Waals surface area (Å²) in [4.78, 5) is 19.3. The van der Waals surface area contributed by atoms with Gasteiger partial charge < -0.3 is 9.72 Å². The quantitative estimate of drug-likeness (QED) is 0.842. The summed E-state index contributed by atoms with van der Waals surface area (Å²) in [6, 6.07) is 7.58. The second-order valence-electron chi connectivity index (χ2n) is 3.96. The number of halogens is 1. The van der Waals surface area contributed by atoms with Crippen LogP contribution in [0.3, 0.4) is 0 Å². The van der Waals surface area contributed by atoms with Gasteiger partial charge in [0.05, 0.1) is 21.4 Å². The highest BCUT2D eigenvalue weighted by Crippen LogP contribution is 2.27. The maximum atomic E-state index is 11.9. The first kappa shape index (κ1) is 14.0. The van der Waals surface area contributed by atoms with Gasteiger partial charge in [0.15, 0.2) is 0 Å². The minimum Gasteiger partial charge on any atom is -0.493 e. The lowest BCUT2D eigenvalue weighted by Gasteiger charge is -2.10. The molecule has 5 heteroatoms. The maximum Gasteiger partial charge on any atom is 0.264 e. The van der Waals surface area contributed by atoms with E-state index in [-0.39, 0.29) is 5.56 Å². The lowest BCUT2D eigenvalue weighted by Crippen LogP contribution is -2.16. The Morgan fingerprint density at radius 2 is 2.05 bits per heavy atom. The molecule has 0 aliphatic heterocycles. The first-order chi connectivity index (χ1) is 9.17. The molecule has 0 saturated carbocycles. The Morgan fingerprint density at radius 3 is 2.74 bits per heavy atom. The Labute approximate surface area is 125 Å². The van der Waals surface area contributed by atoms with Crippen LogP contribution in [0, 0.1) is 3.57 Å². The molecule has 1 aromatic heterocycles. The summed E-state index contributed by atoms with van der Waals surface area (Å²) < 4.78 is 6.22. The molecule has 2 rings (SSSR count). The number of para-hydroxylation sites is 1. The molecule has 1 heterocycles. The third-order valence-corrected chi connectivity index (χ3v) is 3.82. The van der Waals surface area contributed by atoms with Gasteiger partial charge >= 0.3 is 0 Å². The van der Waals surface area contributed by atoms with Gasteiger partial charge in [0.2, 0.25) is 0 Å². The predicted octanol–water partition coefficient (Wildman–Crippen LogP) is 3.00. The minimum absolute atomic E-state index is 0.103. The smallest absolute Gasteiger partial charge is 0.264 e. The van der Waals surface area contributed by atoms with Crippen LogP contribution in [0.2, 0.25) is 0 Å². The average Bonchev–Trinajstić information content (AvgIpc) is 2.43. The largest absolute Gasteiger partial charge is 0.493 e. The fourth-order valence-electron chi connectivity index (χ4n) is 1.81. The van der Waals surface area contributed by atoms with Crippen LogP contribution in [0.25, 0.3) is 11.4 Å². The second kappa shape index (κ2) is 6.18. The van der Waals surface area contributed by atoms with E-state index in [0.29, 0.717) is 16.0 Å². The monoisotopic (exact) mass is 370 g/mol. The molecule has 0 bridgehead atoms. The summed E-state index contributed by atoms with van der Waals surface area (Å²) in [5.74, 6) is 1.29. The molecular weight excluding hydrogens is 355 g/mol. The van der Waals surface area contributed by atoms with E-state index in [9.17, 15) is 4.79 Å². The lowest BCUT2D eigenvalue weighted by atomic mass is 10.2. The number of benzene rings is 1. The number of hydrogen-bond donors (Lipinski definition) is 1. The Kier molecular flexibility index (Phi) is 4.57. The number of nitrogens with zero attached hydrogens (tertiary/aromatic N) is 1. The predicted molar refractivity (Wildman–Crippen MR) is 83.6 cm³/mol. The van der Waals surface area contributed by atoms with Gasteiger partial charge in [-0.05, 0) is 48.1 Å². The summed E-state index contributed by atoms with van der Waals surface area (Å²) in [7, 11) is 0. The van der Waals surface area contributed by atoms with Crippen molar-refractivity contribution >= 4 is 22.6 Å². The fourth-order valence-corrected chi connectivity index (χ4v) is 2.45. The molecule has 0 amide bonds. The zero-order valence-electron chi connectivity index (χ0n) is 10.9. The van der Waals surface area contributed by atoms with Crippen molar-refractivity contribution < 1.29 is 4.74 Å². The Bertz CT molecular complexity index is 638. The molecule has 0 fully saturated rings. The molecule has 2 aromatic rings. The van der Waals surface area contributed by atoms with Crippen LogP contribution in [-0.2, 0) is 6.42 Å². The number of rotatable bonds is 4. The number of aromatic amines is 1. The van der Waals surface area contributed by atoms with Crippen molar-refractivity contribution in [3.8, 4) is 17.1 Å². The summed E-state index contributed by atoms with van der Waals surface area (Å²) in [5, 5.41) is 0. The van der Waals surface area contributed by atoms with Crippen LogP contribution in [0.5, 0.6) is 5.75 Å². The Morgan fingerprint density at radius 1 is 1.32 bits per heavy atom. The molecule has 19 heavy (non-hydrogen) atoms. The maximum absolute atomic E-state index is 11.9. The molecule has 1 N–H and O–H groups in total. The number of H-pyrrole nitrogens is 1. The summed E-state index contributed by atoms with van der Waals surface area (Å²) >= 11 is 2.03. The van der Waals surface area contributed by atoms with E-state index in [2.05, 4.69) is 9.97 Å². The van der Waals surface area contributed by atoms with Crippen molar-refractivity contribution in [2.75, 3.05) is 6.61 Å². The first-order valence-electron chi connectivity index (χ1n) is 6.18. The second-order valence-corrected chi connectivity index (χ2v) is 5.04. The molecule has 0 spiro atoms. The topological polar surface area (TPSA) is 55.0 Å². The van der Waals surface area contributed by atoms with Crippen molar-refractivity contribution in [1.29, 1.82) is 0 Å². The number of aryl methyl sites for hydroxylation is 1. The van der Waals surface area contributed by atoms with Crippen molar-refractivity contribution in [2.45, 2.75) is 20.3 Å². The van der Waals surface area contributed by atoms with E-state index in [1.807, 2.05) is 60.7 Å². The highest BCUT2D eigenvalue weighted by molar-refractivity contribution is 14.1. The van der Waals surface area contributed by atoms with Crippen LogP contribution in [0.1, 0.15) is 19.5 Å². The average molecular weight is 370 g/mol. The third kappa shape index (κ3) is 2.97. The third-order valence-electron chi connectivity index (χ3n) is 2.71. The van der Waals surface area contributed by atoms with Gasteiger partial charge in [-0.1, -0.05) is 19.1 Å². The van der Waals surface area contributed by atoms with E-state index in [4.69, 9.17) is 4.74 Å². The molecule has 0 aliphatic rings. The molecular formula is C14H15IN2O2. The summed E-state index contributed by atoms with van der Waals surface area (Å²) in [6.45, 7) is 4.49. The molecule has 0 saturated heterocycles. The van der Waals surface area contributed by atoms with E-state index in [1.165, 1.54) is 0 Å². The lowest BCUT2D eigenvalue weighted by molar-refractivity contribution is 0.341. The standard InChI is InChI=1S/C14H15IN2O2/c1-3-10-12(15)14(18)17-13(16-10)9-7-5-6-8-11(9)19-4-2/h5-8H,3-4H2,1-2H3,(H,16,17,18). The van der Waals surface area contributed by atoms with Crippen LogP contribution >= 0.6 is 22.6 Å². The van der Waals surface area contributed by atoms with Crippen LogP contribution < -0.4 is 10.3 Å². The number of nitrogens with one attached hydrogen (secondary N) is 1.